The third-order valence-electron chi connectivity index (χ3n) is 7.18. The van der Waals surface area contributed by atoms with Gasteiger partial charge in [-0.05, 0) is 29.7 Å². The Kier molecular flexibility index (Phi) is 6.40. The molecule has 2 heterocycles. The van der Waals surface area contributed by atoms with Crippen LogP contribution >= 0.6 is 0 Å². The highest BCUT2D eigenvalue weighted by molar-refractivity contribution is 6.07. The molecule has 2 aromatic rings. The fourth-order valence-corrected chi connectivity index (χ4v) is 5.10. The van der Waals surface area contributed by atoms with E-state index in [0.29, 0.717) is 56.9 Å². The summed E-state index contributed by atoms with van der Waals surface area (Å²) < 4.78 is 32.8. The van der Waals surface area contributed by atoms with Gasteiger partial charge in [0.2, 0.25) is 0 Å². The van der Waals surface area contributed by atoms with Gasteiger partial charge in [-0.1, -0.05) is 30.3 Å². The summed E-state index contributed by atoms with van der Waals surface area (Å²) in [5, 5.41) is 0. The highest BCUT2D eigenvalue weighted by Crippen LogP contribution is 2.34. The Morgan fingerprint density at radius 3 is 2.40 bits per heavy atom. The zero-order chi connectivity index (χ0) is 24.6. The molecule has 0 N–H and O–H groups in total. The number of carbonyl (C=O) groups excluding carboxylic acids is 3. The van der Waals surface area contributed by atoms with Crippen LogP contribution in [0.25, 0.3) is 0 Å². The minimum absolute atomic E-state index is 0.0667. The van der Waals surface area contributed by atoms with E-state index in [1.54, 1.807) is 17.0 Å². The van der Waals surface area contributed by atoms with Gasteiger partial charge in [0.05, 0.1) is 19.0 Å². The second kappa shape index (κ2) is 9.49. The van der Waals surface area contributed by atoms with Crippen molar-refractivity contribution in [2.75, 3.05) is 13.1 Å². The summed E-state index contributed by atoms with van der Waals surface area (Å²) in [6.07, 6.45) is 0.412. The summed E-state index contributed by atoms with van der Waals surface area (Å²) in [6.45, 7) is 2.05. The number of fused-ring (bicyclic) bond motifs is 1. The van der Waals surface area contributed by atoms with Crippen molar-refractivity contribution in [3.63, 3.8) is 0 Å². The highest BCUT2D eigenvalue weighted by Gasteiger charge is 2.40. The molecule has 3 aliphatic rings. The Balaban J connectivity index is 1.20. The fraction of sp³-hybridized carbons (Fsp3) is 0.444. The van der Waals surface area contributed by atoms with Gasteiger partial charge >= 0.3 is 0 Å². The van der Waals surface area contributed by atoms with Crippen LogP contribution in [0.15, 0.2) is 42.5 Å². The first-order valence-corrected chi connectivity index (χ1v) is 12.1. The zero-order valence-electron chi connectivity index (χ0n) is 19.5. The Hall–Kier alpha value is -3.13. The van der Waals surface area contributed by atoms with E-state index in [4.69, 9.17) is 4.74 Å². The minimum Gasteiger partial charge on any atom is -0.489 e. The maximum absolute atomic E-state index is 13.4. The van der Waals surface area contributed by atoms with E-state index < -0.39 is 12.0 Å². The molecule has 6 nitrogen and oxygen atoms in total. The van der Waals surface area contributed by atoms with Crippen LogP contribution in [0, 0.1) is 0 Å². The van der Waals surface area contributed by atoms with Crippen LogP contribution in [0.5, 0.6) is 5.75 Å². The molecule has 0 radical (unpaired) electrons. The number of amides is 1. The Morgan fingerprint density at radius 1 is 0.971 bits per heavy atom. The van der Waals surface area contributed by atoms with Crippen LogP contribution < -0.4 is 4.74 Å². The molecule has 35 heavy (non-hydrogen) atoms. The van der Waals surface area contributed by atoms with Gasteiger partial charge in [0.1, 0.15) is 18.1 Å². The molecule has 1 amide bonds. The molecule has 0 spiro atoms. The molecular formula is C27H28F2N2O4. The van der Waals surface area contributed by atoms with E-state index >= 15 is 0 Å². The van der Waals surface area contributed by atoms with Crippen LogP contribution in [0.2, 0.25) is 0 Å². The Labute approximate surface area is 202 Å². The van der Waals surface area contributed by atoms with Gasteiger partial charge in [-0.25, -0.2) is 8.78 Å². The van der Waals surface area contributed by atoms with Crippen molar-refractivity contribution < 1.29 is 27.9 Å². The Bertz CT molecular complexity index is 1140. The number of benzene rings is 2. The molecule has 8 heteroatoms. The van der Waals surface area contributed by atoms with Crippen LogP contribution in [0.1, 0.15) is 59.2 Å². The minimum atomic E-state index is -2.54. The number of rotatable bonds is 6. The van der Waals surface area contributed by atoms with E-state index in [-0.39, 0.29) is 36.7 Å². The maximum Gasteiger partial charge on any atom is 0.255 e. The number of halogens is 2. The van der Waals surface area contributed by atoms with Crippen molar-refractivity contribution in [1.29, 1.82) is 0 Å². The predicted molar refractivity (Wildman–Crippen MR) is 124 cm³/mol. The number of hydrogen-bond donors (Lipinski definition) is 0. The van der Waals surface area contributed by atoms with Crippen molar-refractivity contribution in [3.05, 3.63) is 64.7 Å². The van der Waals surface area contributed by atoms with Gasteiger partial charge in [0, 0.05) is 50.0 Å². The molecule has 5 rings (SSSR count). The van der Waals surface area contributed by atoms with Crippen molar-refractivity contribution >= 4 is 17.5 Å². The van der Waals surface area contributed by atoms with Gasteiger partial charge < -0.3 is 9.64 Å². The molecule has 1 saturated carbocycles. The van der Waals surface area contributed by atoms with Crippen LogP contribution in [-0.4, -0.2) is 52.3 Å². The van der Waals surface area contributed by atoms with Crippen molar-refractivity contribution in [1.82, 2.24) is 9.80 Å². The molecule has 2 aliphatic heterocycles. The van der Waals surface area contributed by atoms with E-state index in [1.807, 2.05) is 35.2 Å². The molecule has 1 saturated heterocycles. The zero-order valence-corrected chi connectivity index (χ0v) is 19.5. The molecule has 0 bridgehead atoms. The summed E-state index contributed by atoms with van der Waals surface area (Å²) in [5.41, 5.74) is 3.32. The lowest BCUT2D eigenvalue weighted by Gasteiger charge is -2.31. The first-order valence-electron chi connectivity index (χ1n) is 12.1. The van der Waals surface area contributed by atoms with Crippen molar-refractivity contribution in [2.45, 2.75) is 63.8 Å². The third kappa shape index (κ3) is 5.12. The summed E-state index contributed by atoms with van der Waals surface area (Å²) in [5.74, 6) is -2.39. The summed E-state index contributed by atoms with van der Waals surface area (Å²) in [4.78, 5) is 40.5. The average Bonchev–Trinajstić information content (AvgIpc) is 3.17. The number of nitrogens with zero attached hydrogens (tertiary/aromatic N) is 2. The smallest absolute Gasteiger partial charge is 0.255 e. The second-order valence-electron chi connectivity index (χ2n) is 9.69. The van der Waals surface area contributed by atoms with Gasteiger partial charge in [0.25, 0.3) is 11.8 Å². The molecule has 1 aliphatic carbocycles. The second-order valence-corrected chi connectivity index (χ2v) is 9.69. The maximum atomic E-state index is 13.4. The topological polar surface area (TPSA) is 66.9 Å². The lowest BCUT2D eigenvalue weighted by atomic mass is 9.92. The first-order chi connectivity index (χ1) is 16.8. The van der Waals surface area contributed by atoms with Gasteiger partial charge in [0.15, 0.2) is 5.78 Å². The summed E-state index contributed by atoms with van der Waals surface area (Å²) >= 11 is 0. The quantitative estimate of drug-likeness (QED) is 0.579. The molecular weight excluding hydrogens is 454 g/mol. The molecule has 1 atom stereocenters. The van der Waals surface area contributed by atoms with E-state index in [0.717, 1.165) is 16.7 Å². The number of ether oxygens (including phenoxy) is 1. The lowest BCUT2D eigenvalue weighted by Crippen LogP contribution is -2.44. The summed E-state index contributed by atoms with van der Waals surface area (Å²) in [6, 6.07) is 12.7. The lowest BCUT2D eigenvalue weighted by molar-refractivity contribution is -0.133. The molecule has 1 unspecified atom stereocenters. The van der Waals surface area contributed by atoms with Crippen molar-refractivity contribution in [3.8, 4) is 5.75 Å². The highest BCUT2D eigenvalue weighted by atomic mass is 19.3. The van der Waals surface area contributed by atoms with Crippen LogP contribution in [-0.2, 0) is 29.3 Å². The number of ketones is 2. The number of hydrogen-bond acceptors (Lipinski definition) is 5. The molecule has 2 fully saturated rings. The van der Waals surface area contributed by atoms with Crippen LogP contribution in [0.4, 0.5) is 8.78 Å². The van der Waals surface area contributed by atoms with Crippen LogP contribution in [0.3, 0.4) is 0 Å². The third-order valence-corrected chi connectivity index (χ3v) is 7.18. The number of Topliss-reactive ketones (excluding diaryl/α,β-unsaturated/α-hetero) is 2. The van der Waals surface area contributed by atoms with E-state index in [2.05, 4.69) is 0 Å². The number of carbonyl (C=O) groups is 3. The number of piperidine rings is 1. The van der Waals surface area contributed by atoms with E-state index in [1.165, 1.54) is 0 Å². The monoisotopic (exact) mass is 482 g/mol. The Morgan fingerprint density at radius 2 is 1.69 bits per heavy atom. The standard InChI is InChI=1S/C27H28F2N2O4/c28-27(29)10-12-30(13-11-27)15-18-4-6-19(7-5-18)17-35-25-3-1-2-21-22(25)16-31(26(21)34)23-9-8-20(32)14-24(23)33/h1-7,23H,8-17H2. The number of alkyl halides is 2. The van der Waals surface area contributed by atoms with E-state index in [9.17, 15) is 23.2 Å². The van der Waals surface area contributed by atoms with Gasteiger partial charge in [-0.3, -0.25) is 19.3 Å². The molecule has 2 aromatic carbocycles. The average molecular weight is 483 g/mol. The van der Waals surface area contributed by atoms with Gasteiger partial charge in [-0.2, -0.15) is 0 Å². The normalized spacial score (nSPS) is 22.4. The SMILES string of the molecule is O=C1CCC(N2Cc3c(OCc4ccc(CN5CCC(F)(F)CC5)cc4)cccc3C2=O)C(=O)C1. The van der Waals surface area contributed by atoms with Gasteiger partial charge in [-0.15, -0.1) is 0 Å². The molecule has 0 aromatic heterocycles. The summed E-state index contributed by atoms with van der Waals surface area (Å²) in [7, 11) is 0. The predicted octanol–water partition coefficient (Wildman–Crippen LogP) is 4.14. The number of likely N-dealkylation sites (tertiary alicyclic amines) is 1. The van der Waals surface area contributed by atoms with Crippen molar-refractivity contribution in [2.24, 2.45) is 0 Å². The fourth-order valence-electron chi connectivity index (χ4n) is 5.10. The molecule has 184 valence electrons. The first kappa shape index (κ1) is 23.6. The largest absolute Gasteiger partial charge is 0.489 e.